The maximum absolute atomic E-state index is 12.5. The summed E-state index contributed by atoms with van der Waals surface area (Å²) < 4.78 is 10.6. The van der Waals surface area contributed by atoms with Crippen LogP contribution in [0.3, 0.4) is 0 Å². The van der Waals surface area contributed by atoms with E-state index >= 15 is 0 Å². The third kappa shape index (κ3) is 4.85. The number of hydrogen-bond donors (Lipinski definition) is 0. The minimum Gasteiger partial charge on any atom is -0.459 e. The molecule has 0 N–H and O–H groups in total. The molecule has 2 atom stereocenters. The van der Waals surface area contributed by atoms with Gasteiger partial charge >= 0.3 is 12.1 Å². The van der Waals surface area contributed by atoms with Gasteiger partial charge in [-0.1, -0.05) is 30.3 Å². The minimum atomic E-state index is -1.03. The van der Waals surface area contributed by atoms with Crippen LogP contribution < -0.4 is 0 Å². The third-order valence-corrected chi connectivity index (χ3v) is 3.86. The molecule has 1 aromatic carbocycles. The number of rotatable bonds is 4. The topological polar surface area (TPSA) is 72.9 Å². The Bertz CT molecular complexity index is 714. The fourth-order valence-electron chi connectivity index (χ4n) is 2.69. The normalized spacial score (nSPS) is 19.8. The van der Waals surface area contributed by atoms with Crippen LogP contribution in [0.4, 0.5) is 4.79 Å². The van der Waals surface area contributed by atoms with Crippen LogP contribution in [0.1, 0.15) is 39.2 Å². The van der Waals surface area contributed by atoms with Gasteiger partial charge < -0.3 is 9.47 Å². The van der Waals surface area contributed by atoms with Gasteiger partial charge in [-0.05, 0) is 32.8 Å². The van der Waals surface area contributed by atoms with E-state index in [0.29, 0.717) is 0 Å². The van der Waals surface area contributed by atoms with Crippen LogP contribution >= 0.6 is 0 Å². The number of hydrogen-bond acceptors (Lipinski definition) is 5. The molecule has 0 bridgehead atoms. The molecule has 1 heterocycles. The molecule has 138 valence electrons. The van der Waals surface area contributed by atoms with Crippen molar-refractivity contribution in [3.63, 3.8) is 0 Å². The van der Waals surface area contributed by atoms with Crippen molar-refractivity contribution < 1.29 is 23.9 Å². The van der Waals surface area contributed by atoms with Crippen molar-refractivity contribution in [1.29, 1.82) is 0 Å². The molecule has 0 saturated carbocycles. The Hall–Kier alpha value is -2.81. The Kier molecular flexibility index (Phi) is 6.04. The van der Waals surface area contributed by atoms with E-state index in [-0.39, 0.29) is 19.4 Å². The van der Waals surface area contributed by atoms with Gasteiger partial charge in [0.2, 0.25) is 5.91 Å². The predicted octanol–water partition coefficient (Wildman–Crippen LogP) is 2.91. The molecule has 6 heteroatoms. The van der Waals surface area contributed by atoms with Crippen LogP contribution in [0, 0.1) is 18.3 Å². The van der Waals surface area contributed by atoms with E-state index in [4.69, 9.17) is 15.9 Å². The van der Waals surface area contributed by atoms with Crippen LogP contribution in [-0.4, -0.2) is 34.5 Å². The van der Waals surface area contributed by atoms with E-state index in [1.807, 2.05) is 30.3 Å². The number of esters is 1. The van der Waals surface area contributed by atoms with Crippen molar-refractivity contribution >= 4 is 18.0 Å². The van der Waals surface area contributed by atoms with Crippen molar-refractivity contribution in [2.24, 2.45) is 5.92 Å². The van der Waals surface area contributed by atoms with E-state index < -0.39 is 35.5 Å². The van der Waals surface area contributed by atoms with Crippen molar-refractivity contribution in [2.75, 3.05) is 0 Å². The highest BCUT2D eigenvalue weighted by molar-refractivity contribution is 6.00. The first-order chi connectivity index (χ1) is 12.2. The van der Waals surface area contributed by atoms with Gasteiger partial charge in [-0.2, -0.15) is 0 Å². The molecule has 6 nitrogen and oxygen atoms in total. The Balaban J connectivity index is 2.13. The molecule has 1 saturated heterocycles. The lowest BCUT2D eigenvalue weighted by Gasteiger charge is -2.26. The summed E-state index contributed by atoms with van der Waals surface area (Å²) in [6.07, 6.45) is 4.73. The molecule has 1 aliphatic heterocycles. The van der Waals surface area contributed by atoms with Crippen LogP contribution in [0.5, 0.6) is 0 Å². The zero-order valence-corrected chi connectivity index (χ0v) is 15.2. The Morgan fingerprint density at radius 1 is 1.27 bits per heavy atom. The summed E-state index contributed by atoms with van der Waals surface area (Å²) in [5.74, 6) is 0.671. The summed E-state index contributed by atoms with van der Waals surface area (Å²) in [4.78, 5) is 38.3. The Morgan fingerprint density at radius 3 is 2.50 bits per heavy atom. The highest BCUT2D eigenvalue weighted by atomic mass is 16.6. The quantitative estimate of drug-likeness (QED) is 0.612. The molecule has 2 amide bonds. The summed E-state index contributed by atoms with van der Waals surface area (Å²) in [6, 6.07) is 8.13. The van der Waals surface area contributed by atoms with E-state index in [0.717, 1.165) is 10.5 Å². The maximum atomic E-state index is 12.5. The molecule has 2 rings (SSSR count). The Labute approximate surface area is 153 Å². The first-order valence-electron chi connectivity index (χ1n) is 8.43. The van der Waals surface area contributed by atoms with E-state index in [1.54, 1.807) is 20.8 Å². The first-order valence-corrected chi connectivity index (χ1v) is 8.43. The fourth-order valence-corrected chi connectivity index (χ4v) is 2.69. The van der Waals surface area contributed by atoms with Gasteiger partial charge in [-0.25, -0.2) is 14.5 Å². The number of terminal acetylenes is 1. The first kappa shape index (κ1) is 19.5. The van der Waals surface area contributed by atoms with Crippen LogP contribution in [0.2, 0.25) is 0 Å². The molecule has 0 unspecified atom stereocenters. The van der Waals surface area contributed by atoms with Gasteiger partial charge in [0.05, 0.1) is 5.92 Å². The number of carbonyl (C=O) groups excluding carboxylic acids is 3. The second-order valence-corrected chi connectivity index (χ2v) is 7.14. The van der Waals surface area contributed by atoms with E-state index in [9.17, 15) is 14.4 Å². The Morgan fingerprint density at radius 2 is 1.92 bits per heavy atom. The zero-order chi connectivity index (χ0) is 19.3. The average Bonchev–Trinajstić information content (AvgIpc) is 2.89. The monoisotopic (exact) mass is 357 g/mol. The van der Waals surface area contributed by atoms with Crippen LogP contribution in [-0.2, 0) is 25.7 Å². The summed E-state index contributed by atoms with van der Waals surface area (Å²) in [5.41, 5.74) is 0.0224. The molecule has 0 spiro atoms. The molecule has 1 aromatic rings. The molecular weight excluding hydrogens is 334 g/mol. The van der Waals surface area contributed by atoms with Gasteiger partial charge in [-0.15, -0.1) is 12.3 Å². The highest BCUT2D eigenvalue weighted by Gasteiger charge is 2.48. The van der Waals surface area contributed by atoms with E-state index in [1.165, 1.54) is 0 Å². The largest absolute Gasteiger partial charge is 0.459 e. The fraction of sp³-hybridized carbons (Fsp3) is 0.450. The second-order valence-electron chi connectivity index (χ2n) is 7.14. The van der Waals surface area contributed by atoms with E-state index in [2.05, 4.69) is 5.92 Å². The lowest BCUT2D eigenvalue weighted by atomic mass is 10.0. The zero-order valence-electron chi connectivity index (χ0n) is 15.2. The number of nitrogens with zero attached hydrogens (tertiary/aromatic N) is 1. The number of amides is 2. The number of ether oxygens (including phenoxy) is 2. The van der Waals surface area contributed by atoms with Crippen molar-refractivity contribution in [1.82, 2.24) is 4.90 Å². The standard InChI is InChI=1S/C20H23NO5/c1-5-9-15-12-16(18(23)25-13-14-10-7-6-8-11-14)21(17(15)22)19(24)26-20(2,3)4/h1,6-8,10-11,15-16H,9,12-13H2,2-4H3/t15-,16-/m0/s1. The van der Waals surface area contributed by atoms with Gasteiger partial charge in [0, 0.05) is 6.42 Å². The van der Waals surface area contributed by atoms with Gasteiger partial charge in [-0.3, -0.25) is 4.79 Å². The maximum Gasteiger partial charge on any atom is 0.417 e. The molecule has 26 heavy (non-hydrogen) atoms. The molecule has 0 aromatic heterocycles. The van der Waals surface area contributed by atoms with Gasteiger partial charge in [0.25, 0.3) is 0 Å². The number of imide groups is 1. The van der Waals surface area contributed by atoms with Crippen molar-refractivity contribution in [2.45, 2.75) is 51.9 Å². The molecule has 1 fully saturated rings. The molecular formula is C20H23NO5. The van der Waals surface area contributed by atoms with Crippen molar-refractivity contribution in [3.05, 3.63) is 35.9 Å². The molecule has 0 radical (unpaired) electrons. The SMILES string of the molecule is C#CC[C@H]1C[C@@H](C(=O)OCc2ccccc2)N(C(=O)OC(C)(C)C)C1=O. The highest BCUT2D eigenvalue weighted by Crippen LogP contribution is 2.30. The number of likely N-dealkylation sites (tertiary alicyclic amines) is 1. The molecule has 1 aliphatic rings. The van der Waals surface area contributed by atoms with Gasteiger partial charge in [0.15, 0.2) is 0 Å². The summed E-state index contributed by atoms with van der Waals surface area (Å²) in [6.45, 7) is 5.12. The lowest BCUT2D eigenvalue weighted by Crippen LogP contribution is -2.46. The predicted molar refractivity (Wildman–Crippen MR) is 94.7 cm³/mol. The minimum absolute atomic E-state index is 0.0618. The summed E-state index contributed by atoms with van der Waals surface area (Å²) in [7, 11) is 0. The average molecular weight is 357 g/mol. The van der Waals surface area contributed by atoms with Crippen molar-refractivity contribution in [3.8, 4) is 12.3 Å². The molecule has 0 aliphatic carbocycles. The van der Waals surface area contributed by atoms with Gasteiger partial charge in [0.1, 0.15) is 18.2 Å². The smallest absolute Gasteiger partial charge is 0.417 e. The summed E-state index contributed by atoms with van der Waals surface area (Å²) in [5, 5.41) is 0. The number of carbonyl (C=O) groups is 3. The number of benzene rings is 1. The summed E-state index contributed by atoms with van der Waals surface area (Å²) >= 11 is 0. The lowest BCUT2D eigenvalue weighted by molar-refractivity contribution is -0.152. The van der Waals surface area contributed by atoms with Crippen LogP contribution in [0.15, 0.2) is 30.3 Å². The third-order valence-electron chi connectivity index (χ3n) is 3.86. The second kappa shape index (κ2) is 8.05. The van der Waals surface area contributed by atoms with Crippen LogP contribution in [0.25, 0.3) is 0 Å².